The molecule has 1 aromatic heterocycles. The van der Waals surface area contributed by atoms with E-state index in [9.17, 15) is 21.6 Å². The van der Waals surface area contributed by atoms with Gasteiger partial charge in [0.2, 0.25) is 10.0 Å². The van der Waals surface area contributed by atoms with E-state index in [1.54, 1.807) is 38.1 Å². The zero-order chi connectivity index (χ0) is 24.7. The molecule has 0 aliphatic heterocycles. The molecule has 0 radical (unpaired) electrons. The standard InChI is InChI=1S/C26H25F3N2O2S/c1-17-13-18(2)25(19(3)14-17)34(32,33)30-24(26(27,28)29)16-31-22-12-8-7-11-21(22)15-23(31)20-9-5-4-6-10-20/h4-15,24,30H,16H2,1-3H3. The summed E-state index contributed by atoms with van der Waals surface area (Å²) in [5.74, 6) is 0. The largest absolute Gasteiger partial charge is 0.406 e. The van der Waals surface area contributed by atoms with Gasteiger partial charge in [0.25, 0.3) is 0 Å². The fourth-order valence-corrected chi connectivity index (χ4v) is 6.15. The second-order valence-electron chi connectivity index (χ2n) is 8.51. The first-order valence-corrected chi connectivity index (χ1v) is 12.3. The van der Waals surface area contributed by atoms with Crippen molar-refractivity contribution in [2.75, 3.05) is 0 Å². The molecule has 4 aromatic rings. The van der Waals surface area contributed by atoms with E-state index in [2.05, 4.69) is 0 Å². The first-order valence-electron chi connectivity index (χ1n) is 10.8. The third kappa shape index (κ3) is 4.74. The quantitative estimate of drug-likeness (QED) is 0.356. The summed E-state index contributed by atoms with van der Waals surface area (Å²) in [5, 5.41) is 0.773. The number of fused-ring (bicyclic) bond motifs is 1. The normalized spacial score (nSPS) is 13.4. The molecule has 0 saturated heterocycles. The van der Waals surface area contributed by atoms with E-state index in [0.29, 0.717) is 22.3 Å². The molecule has 4 nitrogen and oxygen atoms in total. The van der Waals surface area contributed by atoms with Gasteiger partial charge in [-0.3, -0.25) is 0 Å². The van der Waals surface area contributed by atoms with Gasteiger partial charge in [-0.2, -0.15) is 17.9 Å². The van der Waals surface area contributed by atoms with Crippen LogP contribution in [0.4, 0.5) is 13.2 Å². The number of hydrogen-bond acceptors (Lipinski definition) is 2. The van der Waals surface area contributed by atoms with E-state index >= 15 is 0 Å². The minimum Gasteiger partial charge on any atom is -0.339 e. The van der Waals surface area contributed by atoms with Gasteiger partial charge in [-0.15, -0.1) is 0 Å². The summed E-state index contributed by atoms with van der Waals surface area (Å²) in [7, 11) is -4.44. The fraction of sp³-hybridized carbons (Fsp3) is 0.231. The van der Waals surface area contributed by atoms with Crippen molar-refractivity contribution < 1.29 is 21.6 Å². The maximum absolute atomic E-state index is 14.2. The molecule has 3 aromatic carbocycles. The smallest absolute Gasteiger partial charge is 0.339 e. The average Bonchev–Trinajstić information content (AvgIpc) is 3.10. The van der Waals surface area contributed by atoms with Gasteiger partial charge in [0.05, 0.1) is 4.90 Å². The Morgan fingerprint density at radius 3 is 2.09 bits per heavy atom. The van der Waals surface area contributed by atoms with E-state index in [-0.39, 0.29) is 4.90 Å². The van der Waals surface area contributed by atoms with Crippen LogP contribution in [0.3, 0.4) is 0 Å². The summed E-state index contributed by atoms with van der Waals surface area (Å²) in [5.41, 5.74) is 3.57. The molecule has 0 fully saturated rings. The average molecular weight is 487 g/mol. The lowest BCUT2D eigenvalue weighted by molar-refractivity contribution is -0.153. The van der Waals surface area contributed by atoms with Gasteiger partial charge in [0, 0.05) is 23.1 Å². The van der Waals surface area contributed by atoms with Gasteiger partial charge >= 0.3 is 6.18 Å². The minimum atomic E-state index is -4.81. The topological polar surface area (TPSA) is 51.1 Å². The van der Waals surface area contributed by atoms with Gasteiger partial charge in [-0.25, -0.2) is 8.42 Å². The SMILES string of the molecule is Cc1cc(C)c(S(=O)(=O)NC(Cn2c(-c3ccccc3)cc3ccccc32)C(F)(F)F)c(C)c1. The molecule has 0 saturated carbocycles. The molecular formula is C26H25F3N2O2S. The maximum Gasteiger partial charge on any atom is 0.406 e. The molecule has 0 amide bonds. The number of rotatable bonds is 6. The first kappa shape index (κ1) is 24.0. The molecule has 1 heterocycles. The Bertz CT molecular complexity index is 1420. The summed E-state index contributed by atoms with van der Waals surface area (Å²) >= 11 is 0. The number of hydrogen-bond donors (Lipinski definition) is 1. The molecule has 1 atom stereocenters. The molecule has 0 bridgehead atoms. The summed E-state index contributed by atoms with van der Waals surface area (Å²) < 4.78 is 72.5. The Morgan fingerprint density at radius 2 is 1.47 bits per heavy atom. The summed E-state index contributed by atoms with van der Waals surface area (Å²) in [6, 6.07) is 19.0. The molecule has 4 rings (SSSR count). The zero-order valence-corrected chi connectivity index (χ0v) is 19.8. The van der Waals surface area contributed by atoms with Crippen LogP contribution in [0, 0.1) is 20.8 Å². The van der Waals surface area contributed by atoms with Gasteiger partial charge in [-0.05, 0) is 49.6 Å². The Labute approximate surface area is 197 Å². The third-order valence-corrected chi connectivity index (χ3v) is 7.59. The lowest BCUT2D eigenvalue weighted by Gasteiger charge is -2.25. The zero-order valence-electron chi connectivity index (χ0n) is 19.0. The van der Waals surface area contributed by atoms with Crippen LogP contribution in [-0.2, 0) is 16.6 Å². The monoisotopic (exact) mass is 486 g/mol. The van der Waals surface area contributed by atoms with Gasteiger partial charge in [0.15, 0.2) is 0 Å². The van der Waals surface area contributed by atoms with Crippen LogP contribution in [0.2, 0.25) is 0 Å². The van der Waals surface area contributed by atoms with Crippen molar-refractivity contribution in [3.05, 3.63) is 89.5 Å². The molecule has 0 aliphatic carbocycles. The maximum atomic E-state index is 14.2. The predicted molar refractivity (Wildman–Crippen MR) is 128 cm³/mol. The second-order valence-corrected chi connectivity index (χ2v) is 10.2. The number of benzene rings is 3. The summed E-state index contributed by atoms with van der Waals surface area (Å²) in [4.78, 5) is -0.118. The fourth-order valence-electron chi connectivity index (χ4n) is 4.48. The second kappa shape index (κ2) is 8.92. The van der Waals surface area contributed by atoms with Crippen molar-refractivity contribution in [2.24, 2.45) is 0 Å². The molecule has 8 heteroatoms. The molecule has 1 N–H and O–H groups in total. The highest BCUT2D eigenvalue weighted by Gasteiger charge is 2.43. The Balaban J connectivity index is 1.80. The van der Waals surface area contributed by atoms with E-state index in [1.165, 1.54) is 4.57 Å². The molecule has 178 valence electrons. The van der Waals surface area contributed by atoms with E-state index in [4.69, 9.17) is 0 Å². The number of nitrogens with one attached hydrogen (secondary N) is 1. The number of aromatic nitrogens is 1. The van der Waals surface area contributed by atoms with Crippen molar-refractivity contribution in [1.82, 2.24) is 9.29 Å². The minimum absolute atomic E-state index is 0.118. The van der Waals surface area contributed by atoms with Gasteiger partial charge < -0.3 is 4.57 Å². The number of para-hydroxylation sites is 1. The van der Waals surface area contributed by atoms with E-state index < -0.39 is 28.8 Å². The van der Waals surface area contributed by atoms with Gasteiger partial charge in [-0.1, -0.05) is 66.2 Å². The molecule has 34 heavy (non-hydrogen) atoms. The number of halogens is 3. The van der Waals surface area contributed by atoms with Crippen LogP contribution in [0.25, 0.3) is 22.2 Å². The molecule has 1 unspecified atom stereocenters. The summed E-state index contributed by atoms with van der Waals surface area (Å²) in [6.45, 7) is 4.38. The van der Waals surface area contributed by atoms with Crippen molar-refractivity contribution in [1.29, 1.82) is 0 Å². The number of nitrogens with zero attached hydrogens (tertiary/aromatic N) is 1. The number of alkyl halides is 3. The third-order valence-electron chi connectivity index (χ3n) is 5.81. The van der Waals surface area contributed by atoms with E-state index in [0.717, 1.165) is 16.5 Å². The number of aryl methyl sites for hydroxylation is 3. The van der Waals surface area contributed by atoms with Crippen molar-refractivity contribution in [3.63, 3.8) is 0 Å². The van der Waals surface area contributed by atoms with Crippen molar-refractivity contribution in [3.8, 4) is 11.3 Å². The Kier molecular flexibility index (Phi) is 6.31. The first-order chi connectivity index (χ1) is 16.0. The lowest BCUT2D eigenvalue weighted by Crippen LogP contribution is -2.48. The number of sulfonamides is 1. The highest BCUT2D eigenvalue weighted by Crippen LogP contribution is 2.32. The Morgan fingerprint density at radius 1 is 0.882 bits per heavy atom. The van der Waals surface area contributed by atoms with Crippen LogP contribution in [0.5, 0.6) is 0 Å². The van der Waals surface area contributed by atoms with Crippen LogP contribution >= 0.6 is 0 Å². The molecule has 0 aliphatic rings. The predicted octanol–water partition coefficient (Wildman–Crippen LogP) is 6.14. The molecular weight excluding hydrogens is 461 g/mol. The highest BCUT2D eigenvalue weighted by atomic mass is 32.2. The lowest BCUT2D eigenvalue weighted by atomic mass is 10.1. The van der Waals surface area contributed by atoms with Crippen LogP contribution in [-0.4, -0.2) is 25.2 Å². The molecule has 0 spiro atoms. The van der Waals surface area contributed by atoms with Crippen LogP contribution < -0.4 is 4.72 Å². The van der Waals surface area contributed by atoms with Gasteiger partial charge in [0.1, 0.15) is 6.04 Å². The summed E-state index contributed by atoms with van der Waals surface area (Å²) in [6.07, 6.45) is -4.81. The van der Waals surface area contributed by atoms with Crippen molar-refractivity contribution >= 4 is 20.9 Å². The Hall–Kier alpha value is -3.10. The van der Waals surface area contributed by atoms with Crippen LogP contribution in [0.1, 0.15) is 16.7 Å². The van der Waals surface area contributed by atoms with E-state index in [1.807, 2.05) is 60.2 Å². The highest BCUT2D eigenvalue weighted by molar-refractivity contribution is 7.89. The van der Waals surface area contributed by atoms with Crippen molar-refractivity contribution in [2.45, 2.75) is 44.4 Å². The van der Waals surface area contributed by atoms with Crippen LogP contribution in [0.15, 0.2) is 77.7 Å².